The number of amides is 1. The molecule has 0 saturated heterocycles. The van der Waals surface area contributed by atoms with E-state index in [1.807, 2.05) is 37.4 Å². The Labute approximate surface area is 123 Å². The van der Waals surface area contributed by atoms with Crippen molar-refractivity contribution in [3.63, 3.8) is 0 Å². The first-order valence-electron chi connectivity index (χ1n) is 6.97. The van der Waals surface area contributed by atoms with E-state index in [9.17, 15) is 4.79 Å². The summed E-state index contributed by atoms with van der Waals surface area (Å²) in [5.41, 5.74) is 3.04. The van der Waals surface area contributed by atoms with Gasteiger partial charge in [0.25, 0.3) is 0 Å². The van der Waals surface area contributed by atoms with Gasteiger partial charge in [-0.25, -0.2) is 4.79 Å². The molecule has 1 amide bonds. The Hall–Kier alpha value is -2.34. The molecule has 2 heterocycles. The predicted octanol–water partition coefficient (Wildman–Crippen LogP) is 1.81. The standard InChI is InChI=1S/C15H18N4O2/c1-19-14(12-9-16-8-7-13(12)18-19)17-15(20)21-10-11-5-3-2-4-6-11/h2-6,16H,7-10H2,1H3,(H,17,20). The highest BCUT2D eigenvalue weighted by molar-refractivity contribution is 5.84. The number of aromatic nitrogens is 2. The van der Waals surface area contributed by atoms with Crippen molar-refractivity contribution in [3.05, 3.63) is 47.2 Å². The van der Waals surface area contributed by atoms with Crippen LogP contribution in [0.4, 0.5) is 10.6 Å². The Kier molecular flexibility index (Phi) is 3.87. The topological polar surface area (TPSA) is 68.2 Å². The van der Waals surface area contributed by atoms with E-state index in [-0.39, 0.29) is 6.61 Å². The van der Waals surface area contributed by atoms with Gasteiger partial charge in [0, 0.05) is 32.1 Å². The van der Waals surface area contributed by atoms with Crippen molar-refractivity contribution in [2.75, 3.05) is 11.9 Å². The maximum absolute atomic E-state index is 11.9. The number of hydrogen-bond donors (Lipinski definition) is 2. The van der Waals surface area contributed by atoms with Gasteiger partial charge in [0.1, 0.15) is 12.4 Å². The van der Waals surface area contributed by atoms with Gasteiger partial charge in [0.05, 0.1) is 5.69 Å². The second-order valence-electron chi connectivity index (χ2n) is 5.01. The van der Waals surface area contributed by atoms with Crippen LogP contribution in [0.3, 0.4) is 0 Å². The molecule has 0 saturated carbocycles. The molecular formula is C15H18N4O2. The average Bonchev–Trinajstić information content (AvgIpc) is 2.82. The highest BCUT2D eigenvalue weighted by atomic mass is 16.5. The van der Waals surface area contributed by atoms with Gasteiger partial charge >= 0.3 is 6.09 Å². The molecule has 2 aromatic rings. The van der Waals surface area contributed by atoms with Gasteiger partial charge in [-0.1, -0.05) is 30.3 Å². The number of benzene rings is 1. The minimum Gasteiger partial charge on any atom is -0.444 e. The summed E-state index contributed by atoms with van der Waals surface area (Å²) in [6.07, 6.45) is 0.416. The Balaban J connectivity index is 1.64. The van der Waals surface area contributed by atoms with Crippen LogP contribution in [0.1, 0.15) is 16.8 Å². The molecule has 0 bridgehead atoms. The highest BCUT2D eigenvalue weighted by Gasteiger charge is 2.20. The number of fused-ring (bicyclic) bond motifs is 1. The fraction of sp³-hybridized carbons (Fsp3) is 0.333. The van der Waals surface area contributed by atoms with E-state index < -0.39 is 6.09 Å². The smallest absolute Gasteiger partial charge is 0.413 e. The first kappa shape index (κ1) is 13.6. The summed E-state index contributed by atoms with van der Waals surface area (Å²) in [6, 6.07) is 9.60. The Morgan fingerprint density at radius 1 is 1.43 bits per heavy atom. The Morgan fingerprint density at radius 3 is 3.05 bits per heavy atom. The van der Waals surface area contributed by atoms with Gasteiger partial charge < -0.3 is 10.1 Å². The van der Waals surface area contributed by atoms with Crippen LogP contribution in [0.15, 0.2) is 30.3 Å². The molecule has 110 valence electrons. The lowest BCUT2D eigenvalue weighted by Crippen LogP contribution is -2.24. The molecule has 21 heavy (non-hydrogen) atoms. The van der Waals surface area contributed by atoms with E-state index in [4.69, 9.17) is 4.74 Å². The summed E-state index contributed by atoms with van der Waals surface area (Å²) in [5.74, 6) is 0.704. The van der Waals surface area contributed by atoms with Crippen molar-refractivity contribution >= 4 is 11.9 Å². The zero-order valence-corrected chi connectivity index (χ0v) is 11.9. The number of anilines is 1. The lowest BCUT2D eigenvalue weighted by Gasteiger charge is -2.13. The number of nitrogens with one attached hydrogen (secondary N) is 2. The van der Waals surface area contributed by atoms with E-state index in [0.717, 1.165) is 36.3 Å². The number of aryl methyl sites for hydroxylation is 1. The van der Waals surface area contributed by atoms with Crippen molar-refractivity contribution in [2.24, 2.45) is 7.05 Å². The number of hydrogen-bond acceptors (Lipinski definition) is 4. The van der Waals surface area contributed by atoms with E-state index in [0.29, 0.717) is 5.82 Å². The van der Waals surface area contributed by atoms with E-state index in [2.05, 4.69) is 15.7 Å². The SMILES string of the molecule is Cn1nc2c(c1NC(=O)OCc1ccccc1)CNCC2. The van der Waals surface area contributed by atoms with E-state index in [1.54, 1.807) is 4.68 Å². The third-order valence-corrected chi connectivity index (χ3v) is 3.50. The van der Waals surface area contributed by atoms with Gasteiger partial charge in [0.2, 0.25) is 0 Å². The molecule has 0 spiro atoms. The summed E-state index contributed by atoms with van der Waals surface area (Å²) in [7, 11) is 1.82. The summed E-state index contributed by atoms with van der Waals surface area (Å²) in [5, 5.41) is 10.5. The van der Waals surface area contributed by atoms with Crippen LogP contribution in [-0.4, -0.2) is 22.4 Å². The van der Waals surface area contributed by atoms with Crippen LogP contribution in [0.2, 0.25) is 0 Å². The quantitative estimate of drug-likeness (QED) is 0.903. The molecule has 0 atom stereocenters. The second kappa shape index (κ2) is 5.97. The van der Waals surface area contributed by atoms with Crippen LogP contribution >= 0.6 is 0 Å². The average molecular weight is 286 g/mol. The predicted molar refractivity (Wildman–Crippen MR) is 78.9 cm³/mol. The zero-order valence-electron chi connectivity index (χ0n) is 11.9. The summed E-state index contributed by atoms with van der Waals surface area (Å²) < 4.78 is 6.93. The van der Waals surface area contributed by atoms with Gasteiger partial charge in [0.15, 0.2) is 0 Å². The molecular weight excluding hydrogens is 268 g/mol. The highest BCUT2D eigenvalue weighted by Crippen LogP contribution is 2.22. The van der Waals surface area contributed by atoms with Crippen molar-refractivity contribution in [1.82, 2.24) is 15.1 Å². The van der Waals surface area contributed by atoms with Crippen molar-refractivity contribution < 1.29 is 9.53 Å². The molecule has 6 heteroatoms. The minimum atomic E-state index is -0.463. The van der Waals surface area contributed by atoms with Crippen molar-refractivity contribution in [1.29, 1.82) is 0 Å². The molecule has 0 radical (unpaired) electrons. The number of carbonyl (C=O) groups excluding carboxylic acids is 1. The molecule has 6 nitrogen and oxygen atoms in total. The maximum Gasteiger partial charge on any atom is 0.413 e. The van der Waals surface area contributed by atoms with E-state index >= 15 is 0 Å². The first-order valence-corrected chi connectivity index (χ1v) is 6.97. The van der Waals surface area contributed by atoms with Gasteiger partial charge in [-0.3, -0.25) is 10.00 Å². The Bertz CT molecular complexity index is 637. The number of carbonyl (C=O) groups is 1. The second-order valence-corrected chi connectivity index (χ2v) is 5.01. The molecule has 1 aliphatic heterocycles. The summed E-state index contributed by atoms with van der Waals surface area (Å²) in [6.45, 7) is 1.89. The lowest BCUT2D eigenvalue weighted by atomic mass is 10.1. The van der Waals surface area contributed by atoms with E-state index in [1.165, 1.54) is 0 Å². The number of rotatable bonds is 3. The van der Waals surface area contributed by atoms with Crippen LogP contribution in [0.25, 0.3) is 0 Å². The third kappa shape index (κ3) is 3.05. The third-order valence-electron chi connectivity index (χ3n) is 3.50. The molecule has 0 aliphatic carbocycles. The maximum atomic E-state index is 11.9. The van der Waals surface area contributed by atoms with Crippen LogP contribution in [0, 0.1) is 0 Å². The fourth-order valence-electron chi connectivity index (χ4n) is 2.44. The van der Waals surface area contributed by atoms with Gasteiger partial charge in [-0.2, -0.15) is 5.10 Å². The van der Waals surface area contributed by atoms with Gasteiger partial charge in [-0.05, 0) is 5.56 Å². The lowest BCUT2D eigenvalue weighted by molar-refractivity contribution is 0.155. The molecule has 1 aromatic carbocycles. The number of ether oxygens (including phenoxy) is 1. The molecule has 3 rings (SSSR count). The Morgan fingerprint density at radius 2 is 2.24 bits per heavy atom. The largest absolute Gasteiger partial charge is 0.444 e. The van der Waals surface area contributed by atoms with Crippen molar-refractivity contribution in [2.45, 2.75) is 19.6 Å². The molecule has 1 aliphatic rings. The number of nitrogens with zero attached hydrogens (tertiary/aromatic N) is 2. The van der Waals surface area contributed by atoms with Crippen molar-refractivity contribution in [3.8, 4) is 0 Å². The summed E-state index contributed by atoms with van der Waals surface area (Å²) in [4.78, 5) is 11.9. The van der Waals surface area contributed by atoms with Crippen LogP contribution < -0.4 is 10.6 Å². The van der Waals surface area contributed by atoms with Crippen LogP contribution in [0.5, 0.6) is 0 Å². The zero-order chi connectivity index (χ0) is 14.7. The minimum absolute atomic E-state index is 0.255. The fourth-order valence-corrected chi connectivity index (χ4v) is 2.44. The van der Waals surface area contributed by atoms with Crippen LogP contribution in [-0.2, 0) is 31.4 Å². The normalized spacial score (nSPS) is 13.6. The molecule has 0 unspecified atom stereocenters. The monoisotopic (exact) mass is 286 g/mol. The molecule has 2 N–H and O–H groups in total. The molecule has 0 fully saturated rings. The first-order chi connectivity index (χ1) is 10.2. The summed E-state index contributed by atoms with van der Waals surface area (Å²) >= 11 is 0. The molecule has 1 aromatic heterocycles. The van der Waals surface area contributed by atoms with Gasteiger partial charge in [-0.15, -0.1) is 0 Å².